The molecular formula is C19H38O2Si. The molecule has 0 spiro atoms. The van der Waals surface area contributed by atoms with Gasteiger partial charge in [0, 0.05) is 6.42 Å². The molecule has 0 aliphatic carbocycles. The fourth-order valence-corrected chi connectivity index (χ4v) is 3.07. The molecule has 0 aliphatic heterocycles. The molecule has 0 N–H and O–H groups in total. The zero-order valence-electron chi connectivity index (χ0n) is 15.1. The summed E-state index contributed by atoms with van der Waals surface area (Å²) < 4.78 is 5.09. The van der Waals surface area contributed by atoms with Gasteiger partial charge < -0.3 is 4.43 Å². The van der Waals surface area contributed by atoms with Gasteiger partial charge in [-0.05, 0) is 12.5 Å². The third-order valence-electron chi connectivity index (χ3n) is 4.06. The van der Waals surface area contributed by atoms with Gasteiger partial charge in [0.05, 0.1) is 0 Å². The maximum Gasteiger partial charge on any atom is 0.314 e. The van der Waals surface area contributed by atoms with Gasteiger partial charge in [-0.25, -0.2) is 0 Å². The van der Waals surface area contributed by atoms with Crippen LogP contribution in [0, 0.1) is 0 Å². The van der Waals surface area contributed by atoms with Gasteiger partial charge >= 0.3 is 9.76 Å². The second-order valence-corrected chi connectivity index (χ2v) is 7.52. The predicted molar refractivity (Wildman–Crippen MR) is 97.3 cm³/mol. The first-order valence-corrected chi connectivity index (χ1v) is 10.8. The highest BCUT2D eigenvalue weighted by atomic mass is 28.2. The molecule has 0 heterocycles. The van der Waals surface area contributed by atoms with E-state index in [1.165, 1.54) is 83.5 Å². The summed E-state index contributed by atoms with van der Waals surface area (Å²) in [4.78, 5) is 11.3. The molecule has 0 aromatic carbocycles. The monoisotopic (exact) mass is 326 g/mol. The van der Waals surface area contributed by atoms with Gasteiger partial charge in [0.15, 0.2) is 0 Å². The smallest absolute Gasteiger partial charge is 0.314 e. The van der Waals surface area contributed by atoms with Crippen molar-refractivity contribution in [2.24, 2.45) is 0 Å². The zero-order chi connectivity index (χ0) is 16.3. The van der Waals surface area contributed by atoms with Gasteiger partial charge in [0.2, 0.25) is 0 Å². The zero-order valence-corrected chi connectivity index (χ0v) is 16.1. The summed E-state index contributed by atoms with van der Waals surface area (Å²) in [5.74, 6) is -0.000815. The normalized spacial score (nSPS) is 10.8. The Morgan fingerprint density at radius 1 is 0.682 bits per heavy atom. The van der Waals surface area contributed by atoms with Crippen molar-refractivity contribution in [1.82, 2.24) is 0 Å². The van der Waals surface area contributed by atoms with E-state index in [1.807, 2.05) is 6.92 Å². The van der Waals surface area contributed by atoms with Crippen LogP contribution in [0.15, 0.2) is 0 Å². The fourth-order valence-electron chi connectivity index (χ4n) is 2.67. The van der Waals surface area contributed by atoms with E-state index in [0.717, 1.165) is 12.5 Å². The van der Waals surface area contributed by atoms with E-state index in [9.17, 15) is 4.79 Å². The number of hydrogen-bond acceptors (Lipinski definition) is 2. The van der Waals surface area contributed by atoms with Crippen LogP contribution in [0.2, 0.25) is 6.04 Å². The van der Waals surface area contributed by atoms with Crippen molar-refractivity contribution in [2.75, 3.05) is 0 Å². The van der Waals surface area contributed by atoms with Crippen molar-refractivity contribution in [3.63, 3.8) is 0 Å². The van der Waals surface area contributed by atoms with Gasteiger partial charge in [-0.1, -0.05) is 97.3 Å². The number of hydrogen-bond donors (Lipinski definition) is 0. The first-order chi connectivity index (χ1) is 10.8. The average Bonchev–Trinajstić information content (AvgIpc) is 2.53. The van der Waals surface area contributed by atoms with E-state index in [-0.39, 0.29) is 5.97 Å². The standard InChI is InChI=1S/C19H38O2Si/c1-3-5-6-7-8-9-10-11-12-13-14-15-16-17-18-19(20)21-22-4-2/h3-18H2,1-2H3. The molecule has 0 rings (SSSR count). The van der Waals surface area contributed by atoms with E-state index in [0.29, 0.717) is 16.2 Å². The minimum atomic E-state index is -0.000815. The molecule has 22 heavy (non-hydrogen) atoms. The molecule has 0 atom stereocenters. The number of unbranched alkanes of at least 4 members (excludes halogenated alkanes) is 13. The van der Waals surface area contributed by atoms with Gasteiger partial charge in [0.25, 0.3) is 5.97 Å². The van der Waals surface area contributed by atoms with Crippen LogP contribution in [-0.2, 0) is 9.22 Å². The van der Waals surface area contributed by atoms with E-state index >= 15 is 0 Å². The Labute approximate surface area is 141 Å². The van der Waals surface area contributed by atoms with Crippen molar-refractivity contribution in [2.45, 2.75) is 116 Å². The van der Waals surface area contributed by atoms with Crippen molar-refractivity contribution in [1.29, 1.82) is 0 Å². The van der Waals surface area contributed by atoms with Crippen LogP contribution in [0.3, 0.4) is 0 Å². The number of carbonyl (C=O) groups is 1. The highest BCUT2D eigenvalue weighted by molar-refractivity contribution is 6.30. The second-order valence-electron chi connectivity index (χ2n) is 6.32. The topological polar surface area (TPSA) is 26.3 Å². The van der Waals surface area contributed by atoms with E-state index in [2.05, 4.69) is 6.92 Å². The minimum absolute atomic E-state index is 0.000815. The fraction of sp³-hybridized carbons (Fsp3) is 0.947. The second kappa shape index (κ2) is 18.7. The highest BCUT2D eigenvalue weighted by Gasteiger charge is 2.02. The molecule has 0 saturated carbocycles. The summed E-state index contributed by atoms with van der Waals surface area (Å²) in [6, 6.07) is 0.949. The van der Waals surface area contributed by atoms with Crippen LogP contribution >= 0.6 is 0 Å². The first kappa shape index (κ1) is 21.7. The van der Waals surface area contributed by atoms with Gasteiger partial charge in [-0.2, -0.15) is 0 Å². The molecule has 0 fully saturated rings. The SMILES string of the molecule is CCCCCCCCCCCCCCCCC(=O)O[Si]CC. The van der Waals surface area contributed by atoms with Crippen LogP contribution in [-0.4, -0.2) is 15.7 Å². The third-order valence-corrected chi connectivity index (χ3v) is 4.73. The molecule has 0 aliphatic rings. The molecule has 2 radical (unpaired) electrons. The van der Waals surface area contributed by atoms with Crippen LogP contribution in [0.25, 0.3) is 0 Å². The Bertz CT molecular complexity index is 231. The molecule has 0 saturated heterocycles. The van der Waals surface area contributed by atoms with Crippen molar-refractivity contribution >= 4 is 15.7 Å². The lowest BCUT2D eigenvalue weighted by atomic mass is 10.0. The van der Waals surface area contributed by atoms with Crippen molar-refractivity contribution < 1.29 is 9.22 Å². The minimum Gasteiger partial charge on any atom is -0.516 e. The molecular weight excluding hydrogens is 288 g/mol. The Balaban J connectivity index is 3.04. The number of rotatable bonds is 17. The summed E-state index contributed by atoms with van der Waals surface area (Å²) >= 11 is 0. The summed E-state index contributed by atoms with van der Waals surface area (Å²) in [6.07, 6.45) is 19.5. The van der Waals surface area contributed by atoms with Gasteiger partial charge in [0.1, 0.15) is 0 Å². The average molecular weight is 327 g/mol. The Hall–Kier alpha value is -0.313. The summed E-state index contributed by atoms with van der Waals surface area (Å²) in [6.45, 7) is 4.32. The molecule has 130 valence electrons. The summed E-state index contributed by atoms with van der Waals surface area (Å²) in [7, 11) is 0.357. The maximum atomic E-state index is 11.3. The largest absolute Gasteiger partial charge is 0.516 e. The van der Waals surface area contributed by atoms with Gasteiger partial charge in [-0.15, -0.1) is 0 Å². The molecule has 2 nitrogen and oxygen atoms in total. The molecule has 0 aromatic rings. The maximum absolute atomic E-state index is 11.3. The predicted octanol–water partition coefficient (Wildman–Crippen LogP) is 6.46. The van der Waals surface area contributed by atoms with Crippen molar-refractivity contribution in [3.05, 3.63) is 0 Å². The van der Waals surface area contributed by atoms with Gasteiger partial charge in [-0.3, -0.25) is 4.79 Å². The lowest BCUT2D eigenvalue weighted by Gasteiger charge is -2.04. The van der Waals surface area contributed by atoms with E-state index in [4.69, 9.17) is 4.43 Å². The van der Waals surface area contributed by atoms with Crippen LogP contribution < -0.4 is 0 Å². The quantitative estimate of drug-likeness (QED) is 0.226. The molecule has 0 unspecified atom stereocenters. The molecule has 0 amide bonds. The Morgan fingerprint density at radius 2 is 1.09 bits per heavy atom. The van der Waals surface area contributed by atoms with Crippen LogP contribution in [0.5, 0.6) is 0 Å². The Morgan fingerprint density at radius 3 is 1.50 bits per heavy atom. The first-order valence-electron chi connectivity index (χ1n) is 9.73. The van der Waals surface area contributed by atoms with Crippen LogP contribution in [0.1, 0.15) is 110 Å². The lowest BCUT2D eigenvalue weighted by molar-refractivity contribution is -0.134. The Kier molecular flexibility index (Phi) is 18.5. The summed E-state index contributed by atoms with van der Waals surface area (Å²) in [5.41, 5.74) is 0. The van der Waals surface area contributed by atoms with E-state index in [1.54, 1.807) is 0 Å². The third kappa shape index (κ3) is 17.7. The van der Waals surface area contributed by atoms with Crippen molar-refractivity contribution in [3.8, 4) is 0 Å². The molecule has 3 heteroatoms. The summed E-state index contributed by atoms with van der Waals surface area (Å²) in [5, 5.41) is 0. The molecule has 0 aromatic heterocycles. The molecule has 0 bridgehead atoms. The lowest BCUT2D eigenvalue weighted by Crippen LogP contribution is -2.07. The number of carbonyl (C=O) groups excluding carboxylic acids is 1. The highest BCUT2D eigenvalue weighted by Crippen LogP contribution is 2.13. The van der Waals surface area contributed by atoms with Crippen LogP contribution in [0.4, 0.5) is 0 Å². The van der Waals surface area contributed by atoms with E-state index < -0.39 is 0 Å².